The monoisotopic (exact) mass is 264 g/mol. The van der Waals surface area contributed by atoms with Crippen LogP contribution in [0, 0.1) is 5.82 Å². The lowest BCUT2D eigenvalue weighted by Gasteiger charge is -2.13. The second-order valence-electron chi connectivity index (χ2n) is 3.97. The number of amides is 1. The Bertz CT molecular complexity index is 524. The van der Waals surface area contributed by atoms with Crippen LogP contribution in [0.15, 0.2) is 30.0 Å². The number of hydrogen-bond donors (Lipinski definition) is 0. The van der Waals surface area contributed by atoms with Crippen LogP contribution in [-0.4, -0.2) is 34.4 Å². The first-order valence-corrected chi connectivity index (χ1v) is 6.02. The molecule has 1 fully saturated rings. The van der Waals surface area contributed by atoms with Crippen molar-refractivity contribution in [2.24, 2.45) is 0 Å². The molecule has 0 aromatic heterocycles. The van der Waals surface area contributed by atoms with Gasteiger partial charge in [0.1, 0.15) is 11.5 Å². The molecular weight excluding hydrogens is 251 g/mol. The van der Waals surface area contributed by atoms with Gasteiger partial charge in [-0.05, 0) is 42.9 Å². The lowest BCUT2D eigenvalue weighted by molar-refractivity contribution is -0.122. The summed E-state index contributed by atoms with van der Waals surface area (Å²) in [6, 6.07) is 5.98. The van der Waals surface area contributed by atoms with Gasteiger partial charge >= 0.3 is 0 Å². The molecule has 1 heterocycles. The number of nitrogens with zero attached hydrogens (tertiary/aromatic N) is 2. The first-order valence-electron chi connectivity index (χ1n) is 5.61. The maximum Gasteiger partial charge on any atom is 0.276 e. The molecule has 0 bridgehead atoms. The largest absolute Gasteiger partial charge is 0.317 e. The molecule has 1 saturated heterocycles. The first kappa shape index (κ1) is 12.7. The number of carbonyl (C=O) groups is 1. The third kappa shape index (κ3) is 2.13. The molecule has 1 aliphatic heterocycles. The van der Waals surface area contributed by atoms with E-state index in [1.807, 2.05) is 6.92 Å². The number of thiocarbonyl (C=S) groups is 1. The molecule has 0 saturated carbocycles. The van der Waals surface area contributed by atoms with E-state index in [4.69, 9.17) is 12.2 Å². The average Bonchev–Trinajstić information content (AvgIpc) is 2.56. The standard InChI is InChI=1S/C13H13FN2OS/c1-3-16-12(17)11(15(2)13(16)18)8-9-4-6-10(14)7-5-9/h4-8H,3H2,1-2H3/b11-8-. The molecule has 0 atom stereocenters. The van der Waals surface area contributed by atoms with Gasteiger partial charge in [0.2, 0.25) is 0 Å². The Kier molecular flexibility index (Phi) is 3.43. The summed E-state index contributed by atoms with van der Waals surface area (Å²) in [4.78, 5) is 15.3. The van der Waals surface area contributed by atoms with Gasteiger partial charge < -0.3 is 4.90 Å². The quantitative estimate of drug-likeness (QED) is 0.604. The molecule has 0 unspecified atom stereocenters. The van der Waals surface area contributed by atoms with Gasteiger partial charge in [-0.15, -0.1) is 0 Å². The van der Waals surface area contributed by atoms with E-state index in [1.54, 1.807) is 30.2 Å². The zero-order valence-corrected chi connectivity index (χ0v) is 11.0. The predicted octanol–water partition coefficient (Wildman–Crippen LogP) is 2.25. The molecule has 1 aromatic rings. The number of likely N-dealkylation sites (N-methyl/N-ethyl adjacent to an activating group) is 2. The van der Waals surface area contributed by atoms with Gasteiger partial charge in [0.15, 0.2) is 5.11 Å². The highest BCUT2D eigenvalue weighted by molar-refractivity contribution is 7.80. The number of benzene rings is 1. The van der Waals surface area contributed by atoms with E-state index in [2.05, 4.69) is 0 Å². The summed E-state index contributed by atoms with van der Waals surface area (Å²) in [5.74, 6) is -0.414. The smallest absolute Gasteiger partial charge is 0.276 e. The van der Waals surface area contributed by atoms with E-state index in [-0.39, 0.29) is 11.7 Å². The number of halogens is 1. The molecule has 18 heavy (non-hydrogen) atoms. The van der Waals surface area contributed by atoms with Crippen molar-refractivity contribution in [3.63, 3.8) is 0 Å². The molecule has 5 heteroatoms. The molecule has 1 amide bonds. The fraction of sp³-hybridized carbons (Fsp3) is 0.231. The van der Waals surface area contributed by atoms with Crippen LogP contribution in [0.25, 0.3) is 6.08 Å². The van der Waals surface area contributed by atoms with E-state index < -0.39 is 0 Å². The normalized spacial score (nSPS) is 18.1. The van der Waals surface area contributed by atoms with Crippen LogP contribution < -0.4 is 0 Å². The van der Waals surface area contributed by atoms with Crippen molar-refractivity contribution >= 4 is 29.3 Å². The average molecular weight is 264 g/mol. The number of hydrogen-bond acceptors (Lipinski definition) is 2. The van der Waals surface area contributed by atoms with Gasteiger partial charge in [0, 0.05) is 13.6 Å². The van der Waals surface area contributed by atoms with Crippen LogP contribution in [0.5, 0.6) is 0 Å². The minimum atomic E-state index is -0.297. The van der Waals surface area contributed by atoms with Crippen molar-refractivity contribution in [1.82, 2.24) is 9.80 Å². The Balaban J connectivity index is 2.36. The van der Waals surface area contributed by atoms with Crippen molar-refractivity contribution in [3.8, 4) is 0 Å². The maximum absolute atomic E-state index is 12.8. The predicted molar refractivity (Wildman–Crippen MR) is 72.1 cm³/mol. The van der Waals surface area contributed by atoms with Gasteiger partial charge in [-0.1, -0.05) is 12.1 Å². The molecule has 1 aliphatic rings. The van der Waals surface area contributed by atoms with Gasteiger partial charge in [-0.3, -0.25) is 9.69 Å². The molecule has 94 valence electrons. The highest BCUT2D eigenvalue weighted by Gasteiger charge is 2.34. The highest BCUT2D eigenvalue weighted by Crippen LogP contribution is 2.21. The topological polar surface area (TPSA) is 23.6 Å². The van der Waals surface area contributed by atoms with Crippen molar-refractivity contribution in [3.05, 3.63) is 41.3 Å². The minimum absolute atomic E-state index is 0.116. The zero-order valence-electron chi connectivity index (χ0n) is 10.2. The molecule has 1 aromatic carbocycles. The van der Waals surface area contributed by atoms with E-state index in [0.717, 1.165) is 5.56 Å². The maximum atomic E-state index is 12.8. The zero-order chi connectivity index (χ0) is 13.3. The van der Waals surface area contributed by atoms with Crippen molar-refractivity contribution in [1.29, 1.82) is 0 Å². The van der Waals surface area contributed by atoms with Crippen molar-refractivity contribution in [2.75, 3.05) is 13.6 Å². The molecule has 0 radical (unpaired) electrons. The third-order valence-electron chi connectivity index (χ3n) is 2.83. The summed E-state index contributed by atoms with van der Waals surface area (Å²) >= 11 is 5.18. The van der Waals surface area contributed by atoms with E-state index in [1.165, 1.54) is 17.0 Å². The molecule has 0 spiro atoms. The molecule has 0 aliphatic carbocycles. The molecule has 3 nitrogen and oxygen atoms in total. The lowest BCUT2D eigenvalue weighted by atomic mass is 10.2. The Labute approximate surface area is 110 Å². The number of rotatable bonds is 2. The minimum Gasteiger partial charge on any atom is -0.317 e. The van der Waals surface area contributed by atoms with Gasteiger partial charge in [-0.25, -0.2) is 4.39 Å². The van der Waals surface area contributed by atoms with E-state index in [0.29, 0.717) is 17.4 Å². The molecule has 0 N–H and O–H groups in total. The third-order valence-corrected chi connectivity index (χ3v) is 3.33. The van der Waals surface area contributed by atoms with Crippen LogP contribution in [0.2, 0.25) is 0 Å². The van der Waals surface area contributed by atoms with Crippen molar-refractivity contribution in [2.45, 2.75) is 6.92 Å². The van der Waals surface area contributed by atoms with Crippen LogP contribution in [0.1, 0.15) is 12.5 Å². The Morgan fingerprint density at radius 1 is 1.33 bits per heavy atom. The first-order chi connectivity index (χ1) is 8.54. The Morgan fingerprint density at radius 2 is 1.94 bits per heavy atom. The van der Waals surface area contributed by atoms with Crippen LogP contribution in [0.3, 0.4) is 0 Å². The van der Waals surface area contributed by atoms with Crippen LogP contribution in [-0.2, 0) is 4.79 Å². The summed E-state index contributed by atoms with van der Waals surface area (Å²) in [7, 11) is 1.76. The fourth-order valence-corrected chi connectivity index (χ4v) is 2.12. The van der Waals surface area contributed by atoms with E-state index >= 15 is 0 Å². The van der Waals surface area contributed by atoms with Gasteiger partial charge in [-0.2, -0.15) is 0 Å². The van der Waals surface area contributed by atoms with Gasteiger partial charge in [0.25, 0.3) is 5.91 Å². The van der Waals surface area contributed by atoms with Crippen molar-refractivity contribution < 1.29 is 9.18 Å². The fourth-order valence-electron chi connectivity index (χ4n) is 1.81. The van der Waals surface area contributed by atoms with Crippen LogP contribution >= 0.6 is 12.2 Å². The highest BCUT2D eigenvalue weighted by atomic mass is 32.1. The second kappa shape index (κ2) is 4.86. The summed E-state index contributed by atoms with van der Waals surface area (Å²) in [6.45, 7) is 2.42. The number of carbonyl (C=O) groups excluding carboxylic acids is 1. The van der Waals surface area contributed by atoms with Crippen LogP contribution in [0.4, 0.5) is 4.39 Å². The lowest BCUT2D eigenvalue weighted by Crippen LogP contribution is -2.30. The SMILES string of the molecule is CCN1C(=O)/C(=C/c2ccc(F)cc2)N(C)C1=S. The summed E-state index contributed by atoms with van der Waals surface area (Å²) in [5, 5.41) is 0.496. The Hall–Kier alpha value is -1.75. The second-order valence-corrected chi connectivity index (χ2v) is 4.34. The summed E-state index contributed by atoms with van der Waals surface area (Å²) in [6.07, 6.45) is 1.71. The Morgan fingerprint density at radius 3 is 2.44 bits per heavy atom. The van der Waals surface area contributed by atoms with E-state index in [9.17, 15) is 9.18 Å². The molecule has 2 rings (SSSR count). The molecular formula is C13H13FN2OS. The van der Waals surface area contributed by atoms with Gasteiger partial charge in [0.05, 0.1) is 0 Å². The summed E-state index contributed by atoms with van der Waals surface area (Å²) in [5.41, 5.74) is 1.28. The summed E-state index contributed by atoms with van der Waals surface area (Å²) < 4.78 is 12.8.